The Labute approximate surface area is 109 Å². The Morgan fingerprint density at radius 1 is 1.28 bits per heavy atom. The van der Waals surface area contributed by atoms with E-state index in [0.29, 0.717) is 37.6 Å². The van der Waals surface area contributed by atoms with Crippen molar-refractivity contribution in [3.63, 3.8) is 0 Å². The third-order valence-corrected chi connectivity index (χ3v) is 5.12. The van der Waals surface area contributed by atoms with Crippen LogP contribution < -0.4 is 5.32 Å². The Balaban J connectivity index is 1.79. The van der Waals surface area contributed by atoms with Gasteiger partial charge in [0.15, 0.2) is 0 Å². The summed E-state index contributed by atoms with van der Waals surface area (Å²) in [5.41, 5.74) is 0. The van der Waals surface area contributed by atoms with Crippen LogP contribution in [0.5, 0.6) is 0 Å². The van der Waals surface area contributed by atoms with Gasteiger partial charge in [0.1, 0.15) is 5.78 Å². The second-order valence-corrected chi connectivity index (χ2v) is 7.58. The highest BCUT2D eigenvalue weighted by Gasteiger charge is 2.28. The number of nitrogens with zero attached hydrogens (tertiary/aromatic N) is 1. The molecule has 0 aromatic carbocycles. The fourth-order valence-corrected chi connectivity index (χ4v) is 3.66. The standard InChI is InChI=1S/C12H22N2O3S/c1-18(16,17)14-4-2-3-10(9-14)5-12(15)6-11-7-13-8-11/h10-11,13H,2-9H2,1H3. The summed E-state index contributed by atoms with van der Waals surface area (Å²) in [6.07, 6.45) is 4.29. The van der Waals surface area contributed by atoms with E-state index < -0.39 is 10.0 Å². The van der Waals surface area contributed by atoms with Gasteiger partial charge < -0.3 is 5.32 Å². The predicted octanol–water partition coefficient (Wildman–Crippen LogP) is 0.227. The fourth-order valence-electron chi connectivity index (χ4n) is 2.71. The number of piperidine rings is 1. The third kappa shape index (κ3) is 3.76. The number of hydrogen-bond acceptors (Lipinski definition) is 4. The molecule has 2 aliphatic rings. The van der Waals surface area contributed by atoms with Gasteiger partial charge in [-0.1, -0.05) is 0 Å². The molecule has 0 aliphatic carbocycles. The van der Waals surface area contributed by atoms with E-state index in [4.69, 9.17) is 0 Å². The quantitative estimate of drug-likeness (QED) is 0.779. The first kappa shape index (κ1) is 14.0. The number of carbonyl (C=O) groups is 1. The van der Waals surface area contributed by atoms with Gasteiger partial charge in [-0.05, 0) is 37.8 Å². The van der Waals surface area contributed by atoms with Crippen molar-refractivity contribution in [2.24, 2.45) is 11.8 Å². The Morgan fingerprint density at radius 3 is 2.50 bits per heavy atom. The van der Waals surface area contributed by atoms with E-state index in [2.05, 4.69) is 5.32 Å². The molecule has 18 heavy (non-hydrogen) atoms. The monoisotopic (exact) mass is 274 g/mol. The van der Waals surface area contributed by atoms with Crippen LogP contribution in [0.25, 0.3) is 0 Å². The molecule has 6 heteroatoms. The average molecular weight is 274 g/mol. The lowest BCUT2D eigenvalue weighted by molar-refractivity contribution is -0.121. The highest BCUT2D eigenvalue weighted by Crippen LogP contribution is 2.23. The molecule has 2 fully saturated rings. The molecule has 0 bridgehead atoms. The van der Waals surface area contributed by atoms with Crippen molar-refractivity contribution in [1.29, 1.82) is 0 Å². The van der Waals surface area contributed by atoms with Gasteiger partial charge in [0, 0.05) is 25.9 Å². The van der Waals surface area contributed by atoms with Gasteiger partial charge in [0.2, 0.25) is 10.0 Å². The maximum absolute atomic E-state index is 11.9. The fraction of sp³-hybridized carbons (Fsp3) is 0.917. The zero-order valence-electron chi connectivity index (χ0n) is 10.9. The SMILES string of the molecule is CS(=O)(=O)N1CCCC(CC(=O)CC2CNC2)C1. The minimum absolute atomic E-state index is 0.217. The van der Waals surface area contributed by atoms with E-state index in [0.717, 1.165) is 25.9 Å². The van der Waals surface area contributed by atoms with Crippen LogP contribution in [0.3, 0.4) is 0 Å². The van der Waals surface area contributed by atoms with Crippen LogP contribution in [0.1, 0.15) is 25.7 Å². The lowest BCUT2D eigenvalue weighted by Gasteiger charge is -2.31. The largest absolute Gasteiger partial charge is 0.316 e. The van der Waals surface area contributed by atoms with Crippen LogP contribution in [0.2, 0.25) is 0 Å². The Bertz CT molecular complexity index is 404. The third-order valence-electron chi connectivity index (χ3n) is 3.85. The van der Waals surface area contributed by atoms with Crippen LogP contribution in [0, 0.1) is 11.8 Å². The van der Waals surface area contributed by atoms with Gasteiger partial charge in [-0.3, -0.25) is 4.79 Å². The van der Waals surface area contributed by atoms with Crippen LogP contribution in [0.15, 0.2) is 0 Å². The topological polar surface area (TPSA) is 66.5 Å². The molecular weight excluding hydrogens is 252 g/mol. The molecule has 1 atom stereocenters. The van der Waals surface area contributed by atoms with E-state index in [-0.39, 0.29) is 5.92 Å². The highest BCUT2D eigenvalue weighted by atomic mass is 32.2. The van der Waals surface area contributed by atoms with Crippen LogP contribution in [-0.4, -0.2) is 50.9 Å². The van der Waals surface area contributed by atoms with E-state index in [1.54, 1.807) is 0 Å². The number of rotatable bonds is 5. The summed E-state index contributed by atoms with van der Waals surface area (Å²) in [6.45, 7) is 3.03. The molecule has 0 aromatic rings. The smallest absolute Gasteiger partial charge is 0.211 e. The lowest BCUT2D eigenvalue weighted by Crippen LogP contribution is -2.43. The van der Waals surface area contributed by atoms with Crippen molar-refractivity contribution >= 4 is 15.8 Å². The average Bonchev–Trinajstić information content (AvgIpc) is 2.23. The maximum atomic E-state index is 11.9. The maximum Gasteiger partial charge on any atom is 0.211 e. The number of ketones is 1. The second kappa shape index (κ2) is 5.67. The molecule has 1 unspecified atom stereocenters. The van der Waals surface area contributed by atoms with E-state index in [9.17, 15) is 13.2 Å². The number of sulfonamides is 1. The van der Waals surface area contributed by atoms with Gasteiger partial charge in [0.05, 0.1) is 6.26 Å². The van der Waals surface area contributed by atoms with Crippen LogP contribution in [-0.2, 0) is 14.8 Å². The molecule has 104 valence electrons. The zero-order valence-corrected chi connectivity index (χ0v) is 11.7. The van der Waals surface area contributed by atoms with E-state index >= 15 is 0 Å². The molecule has 0 spiro atoms. The molecule has 2 heterocycles. The van der Waals surface area contributed by atoms with E-state index in [1.165, 1.54) is 10.6 Å². The molecule has 2 aliphatic heterocycles. The molecule has 0 aromatic heterocycles. The Hall–Kier alpha value is -0.460. The highest BCUT2D eigenvalue weighted by molar-refractivity contribution is 7.88. The van der Waals surface area contributed by atoms with Crippen molar-refractivity contribution in [3.05, 3.63) is 0 Å². The predicted molar refractivity (Wildman–Crippen MR) is 69.7 cm³/mol. The molecule has 0 saturated carbocycles. The minimum Gasteiger partial charge on any atom is -0.316 e. The molecule has 2 rings (SSSR count). The normalized spacial score (nSPS) is 26.8. The summed E-state index contributed by atoms with van der Waals surface area (Å²) in [7, 11) is -3.10. The van der Waals surface area contributed by atoms with Crippen molar-refractivity contribution in [2.75, 3.05) is 32.4 Å². The van der Waals surface area contributed by atoms with Gasteiger partial charge >= 0.3 is 0 Å². The summed E-state index contributed by atoms with van der Waals surface area (Å²) in [5, 5.41) is 3.16. The molecule has 0 amide bonds. The molecule has 1 N–H and O–H groups in total. The first-order chi connectivity index (χ1) is 8.45. The Kier molecular flexibility index (Phi) is 4.40. The number of carbonyl (C=O) groups excluding carboxylic acids is 1. The van der Waals surface area contributed by atoms with Gasteiger partial charge in [-0.25, -0.2) is 12.7 Å². The van der Waals surface area contributed by atoms with Crippen molar-refractivity contribution < 1.29 is 13.2 Å². The summed E-state index contributed by atoms with van der Waals surface area (Å²) in [4.78, 5) is 11.9. The first-order valence-electron chi connectivity index (χ1n) is 6.62. The number of hydrogen-bond donors (Lipinski definition) is 1. The summed E-state index contributed by atoms with van der Waals surface area (Å²) >= 11 is 0. The zero-order chi connectivity index (χ0) is 13.2. The van der Waals surface area contributed by atoms with Crippen molar-refractivity contribution in [2.45, 2.75) is 25.7 Å². The van der Waals surface area contributed by atoms with Crippen LogP contribution in [0.4, 0.5) is 0 Å². The molecule has 0 radical (unpaired) electrons. The molecular formula is C12H22N2O3S. The Morgan fingerprint density at radius 2 is 1.94 bits per heavy atom. The summed E-state index contributed by atoms with van der Waals surface area (Å²) < 4.78 is 24.5. The van der Waals surface area contributed by atoms with Gasteiger partial charge in [-0.15, -0.1) is 0 Å². The van der Waals surface area contributed by atoms with Gasteiger partial charge in [-0.2, -0.15) is 0 Å². The van der Waals surface area contributed by atoms with E-state index in [1.807, 2.05) is 0 Å². The lowest BCUT2D eigenvalue weighted by atomic mass is 9.89. The first-order valence-corrected chi connectivity index (χ1v) is 8.47. The van der Waals surface area contributed by atoms with Crippen molar-refractivity contribution in [1.82, 2.24) is 9.62 Å². The summed E-state index contributed by atoms with van der Waals surface area (Å²) in [5.74, 6) is 1.02. The molecule has 2 saturated heterocycles. The number of Topliss-reactive ketones (excluding diaryl/α,β-unsaturated/α-hetero) is 1. The second-order valence-electron chi connectivity index (χ2n) is 5.60. The minimum atomic E-state index is -3.10. The molecule has 5 nitrogen and oxygen atoms in total. The number of nitrogens with one attached hydrogen (secondary N) is 1. The van der Waals surface area contributed by atoms with Gasteiger partial charge in [0.25, 0.3) is 0 Å². The summed E-state index contributed by atoms with van der Waals surface area (Å²) in [6, 6.07) is 0. The van der Waals surface area contributed by atoms with Crippen LogP contribution >= 0.6 is 0 Å². The van der Waals surface area contributed by atoms with Crippen molar-refractivity contribution in [3.8, 4) is 0 Å².